The van der Waals surface area contributed by atoms with E-state index in [9.17, 15) is 14.7 Å². The van der Waals surface area contributed by atoms with E-state index < -0.39 is 17.9 Å². The molecule has 1 unspecified atom stereocenters. The molecule has 4 nitrogen and oxygen atoms in total. The minimum absolute atomic E-state index is 0.377. The monoisotopic (exact) mass is 207 g/mol. The van der Waals surface area contributed by atoms with Crippen LogP contribution in [0.4, 0.5) is 0 Å². The molecule has 0 fully saturated rings. The summed E-state index contributed by atoms with van der Waals surface area (Å²) in [4.78, 5) is 22.1. The predicted molar refractivity (Wildman–Crippen MR) is 55.3 cm³/mol. The van der Waals surface area contributed by atoms with E-state index in [2.05, 4.69) is 5.32 Å². The van der Waals surface area contributed by atoms with Gasteiger partial charge >= 0.3 is 0 Å². The SMILES string of the molecule is CC(=O)NC(O)C(=O)c1ccc(C)cc1. The molecule has 0 aliphatic rings. The van der Waals surface area contributed by atoms with Gasteiger partial charge in [0.05, 0.1) is 0 Å². The quantitative estimate of drug-likeness (QED) is 0.564. The summed E-state index contributed by atoms with van der Waals surface area (Å²) in [5.74, 6) is -0.951. The van der Waals surface area contributed by atoms with Crippen LogP contribution in [0.25, 0.3) is 0 Å². The summed E-state index contributed by atoms with van der Waals surface area (Å²) in [6, 6.07) is 6.77. The third-order valence-electron chi connectivity index (χ3n) is 1.92. The van der Waals surface area contributed by atoms with Crippen LogP contribution in [0, 0.1) is 6.92 Å². The smallest absolute Gasteiger partial charge is 0.219 e. The molecule has 4 heteroatoms. The minimum Gasteiger partial charge on any atom is -0.367 e. The maximum Gasteiger partial charge on any atom is 0.219 e. The molecular formula is C11H13NO3. The fraction of sp³-hybridized carbons (Fsp3) is 0.273. The molecule has 0 saturated heterocycles. The van der Waals surface area contributed by atoms with Crippen molar-refractivity contribution < 1.29 is 14.7 Å². The summed E-state index contributed by atoms with van der Waals surface area (Å²) in [7, 11) is 0. The topological polar surface area (TPSA) is 66.4 Å². The third-order valence-corrected chi connectivity index (χ3v) is 1.92. The number of Topliss-reactive ketones (excluding diaryl/α,β-unsaturated/α-hetero) is 1. The summed E-state index contributed by atoms with van der Waals surface area (Å²) >= 11 is 0. The lowest BCUT2D eigenvalue weighted by Crippen LogP contribution is -2.39. The third kappa shape index (κ3) is 3.18. The molecule has 1 atom stereocenters. The Morgan fingerprint density at radius 3 is 2.27 bits per heavy atom. The van der Waals surface area contributed by atoms with Crippen LogP contribution >= 0.6 is 0 Å². The Morgan fingerprint density at radius 2 is 1.80 bits per heavy atom. The molecule has 1 aromatic carbocycles. The van der Waals surface area contributed by atoms with Gasteiger partial charge in [-0.25, -0.2) is 0 Å². The van der Waals surface area contributed by atoms with E-state index >= 15 is 0 Å². The van der Waals surface area contributed by atoms with Gasteiger partial charge in [-0.1, -0.05) is 29.8 Å². The lowest BCUT2D eigenvalue weighted by atomic mass is 10.1. The number of carbonyl (C=O) groups excluding carboxylic acids is 2. The van der Waals surface area contributed by atoms with Gasteiger partial charge < -0.3 is 10.4 Å². The zero-order chi connectivity index (χ0) is 11.4. The van der Waals surface area contributed by atoms with Crippen molar-refractivity contribution >= 4 is 11.7 Å². The fourth-order valence-corrected chi connectivity index (χ4v) is 1.13. The second-order valence-corrected chi connectivity index (χ2v) is 3.33. The average Bonchev–Trinajstić information content (AvgIpc) is 2.17. The number of hydrogen-bond acceptors (Lipinski definition) is 3. The van der Waals surface area contributed by atoms with Gasteiger partial charge in [-0.2, -0.15) is 0 Å². The van der Waals surface area contributed by atoms with Gasteiger partial charge in [0.2, 0.25) is 11.7 Å². The highest BCUT2D eigenvalue weighted by Crippen LogP contribution is 2.05. The molecule has 0 saturated carbocycles. The number of amides is 1. The van der Waals surface area contributed by atoms with E-state index in [1.807, 2.05) is 6.92 Å². The maximum atomic E-state index is 11.5. The first-order valence-electron chi connectivity index (χ1n) is 4.57. The molecule has 0 radical (unpaired) electrons. The van der Waals surface area contributed by atoms with E-state index in [0.717, 1.165) is 5.56 Å². The molecule has 80 valence electrons. The molecular weight excluding hydrogens is 194 g/mol. The Balaban J connectivity index is 2.76. The fourth-order valence-electron chi connectivity index (χ4n) is 1.13. The van der Waals surface area contributed by atoms with Gasteiger partial charge in [-0.05, 0) is 6.92 Å². The lowest BCUT2D eigenvalue weighted by Gasteiger charge is -2.09. The Kier molecular flexibility index (Phi) is 3.57. The number of aliphatic hydroxyl groups is 1. The van der Waals surface area contributed by atoms with Crippen LogP contribution in [0.5, 0.6) is 0 Å². The molecule has 0 aliphatic carbocycles. The highest BCUT2D eigenvalue weighted by molar-refractivity contribution is 6.00. The number of carbonyl (C=O) groups is 2. The molecule has 1 amide bonds. The molecule has 0 bridgehead atoms. The maximum absolute atomic E-state index is 11.5. The predicted octanol–water partition coefficient (Wildman–Crippen LogP) is 0.632. The van der Waals surface area contributed by atoms with Crippen LogP contribution in [-0.2, 0) is 4.79 Å². The summed E-state index contributed by atoms with van der Waals surface area (Å²) < 4.78 is 0. The lowest BCUT2D eigenvalue weighted by molar-refractivity contribution is -0.121. The number of nitrogens with one attached hydrogen (secondary N) is 1. The standard InChI is InChI=1S/C11H13NO3/c1-7-3-5-9(6-4-7)10(14)11(15)12-8(2)13/h3-6,11,15H,1-2H3,(H,12,13). The van der Waals surface area contributed by atoms with Crippen molar-refractivity contribution in [2.24, 2.45) is 0 Å². The number of ketones is 1. The van der Waals surface area contributed by atoms with Crippen molar-refractivity contribution in [3.8, 4) is 0 Å². The van der Waals surface area contributed by atoms with Crippen LogP contribution in [0.2, 0.25) is 0 Å². The molecule has 1 rings (SSSR count). The largest absolute Gasteiger partial charge is 0.367 e. The number of hydrogen-bond donors (Lipinski definition) is 2. The van der Waals surface area contributed by atoms with E-state index in [-0.39, 0.29) is 0 Å². The normalized spacial score (nSPS) is 11.9. The van der Waals surface area contributed by atoms with Crippen LogP contribution in [0.15, 0.2) is 24.3 Å². The van der Waals surface area contributed by atoms with Gasteiger partial charge in [0.25, 0.3) is 0 Å². The summed E-state index contributed by atoms with van der Waals surface area (Å²) in [5, 5.41) is 11.5. The van der Waals surface area contributed by atoms with Gasteiger partial charge in [0.1, 0.15) is 0 Å². The van der Waals surface area contributed by atoms with Crippen molar-refractivity contribution in [1.29, 1.82) is 0 Å². The van der Waals surface area contributed by atoms with E-state index in [0.29, 0.717) is 5.56 Å². The second kappa shape index (κ2) is 4.70. The minimum atomic E-state index is -1.47. The molecule has 0 aliphatic heterocycles. The highest BCUT2D eigenvalue weighted by atomic mass is 16.3. The molecule has 1 aromatic rings. The number of rotatable bonds is 3. The van der Waals surface area contributed by atoms with E-state index in [4.69, 9.17) is 0 Å². The van der Waals surface area contributed by atoms with Gasteiger partial charge in [0.15, 0.2) is 6.23 Å². The Hall–Kier alpha value is -1.68. The first-order valence-corrected chi connectivity index (χ1v) is 4.57. The second-order valence-electron chi connectivity index (χ2n) is 3.33. The number of benzene rings is 1. The molecule has 0 heterocycles. The summed E-state index contributed by atoms with van der Waals surface area (Å²) in [6.45, 7) is 3.14. The van der Waals surface area contributed by atoms with E-state index in [1.54, 1.807) is 24.3 Å². The number of aryl methyl sites for hydroxylation is 1. The van der Waals surface area contributed by atoms with Crippen LogP contribution < -0.4 is 5.32 Å². The van der Waals surface area contributed by atoms with Crippen molar-refractivity contribution in [3.63, 3.8) is 0 Å². The van der Waals surface area contributed by atoms with Crippen molar-refractivity contribution in [2.45, 2.75) is 20.1 Å². The summed E-state index contributed by atoms with van der Waals surface area (Å²) in [5.41, 5.74) is 1.41. The molecule has 2 N–H and O–H groups in total. The summed E-state index contributed by atoms with van der Waals surface area (Å²) in [6.07, 6.45) is -1.47. The number of aliphatic hydroxyl groups excluding tert-OH is 1. The zero-order valence-corrected chi connectivity index (χ0v) is 8.65. The van der Waals surface area contributed by atoms with Crippen LogP contribution in [0.3, 0.4) is 0 Å². The average molecular weight is 207 g/mol. The first kappa shape index (κ1) is 11.4. The first-order chi connectivity index (χ1) is 7.00. The van der Waals surface area contributed by atoms with Crippen LogP contribution in [0.1, 0.15) is 22.8 Å². The van der Waals surface area contributed by atoms with Crippen molar-refractivity contribution in [3.05, 3.63) is 35.4 Å². The van der Waals surface area contributed by atoms with Gasteiger partial charge in [0, 0.05) is 12.5 Å². The Labute approximate surface area is 87.9 Å². The van der Waals surface area contributed by atoms with Crippen LogP contribution in [-0.4, -0.2) is 23.0 Å². The highest BCUT2D eigenvalue weighted by Gasteiger charge is 2.17. The Bertz CT molecular complexity index is 370. The zero-order valence-electron chi connectivity index (χ0n) is 8.65. The van der Waals surface area contributed by atoms with E-state index in [1.165, 1.54) is 6.92 Å². The molecule has 0 aromatic heterocycles. The molecule has 0 spiro atoms. The van der Waals surface area contributed by atoms with Crippen molar-refractivity contribution in [1.82, 2.24) is 5.32 Å². The van der Waals surface area contributed by atoms with Gasteiger partial charge in [-0.15, -0.1) is 0 Å². The van der Waals surface area contributed by atoms with Crippen molar-refractivity contribution in [2.75, 3.05) is 0 Å². The van der Waals surface area contributed by atoms with Gasteiger partial charge in [-0.3, -0.25) is 9.59 Å². The Morgan fingerprint density at radius 1 is 1.27 bits per heavy atom. The molecule has 15 heavy (non-hydrogen) atoms.